The Bertz CT molecular complexity index is 324. The highest BCUT2D eigenvalue weighted by atomic mass is 16.5. The summed E-state index contributed by atoms with van der Waals surface area (Å²) < 4.78 is 11.3. The maximum absolute atomic E-state index is 10.6. The number of aldehydes is 1. The molecule has 3 heteroatoms. The van der Waals surface area contributed by atoms with Gasteiger partial charge in [0.25, 0.3) is 0 Å². The molecular weight excluding hydrogens is 228 g/mol. The Morgan fingerprint density at radius 1 is 1.11 bits per heavy atom. The lowest BCUT2D eigenvalue weighted by atomic mass is 10.0. The van der Waals surface area contributed by atoms with Crippen molar-refractivity contribution in [2.45, 2.75) is 38.9 Å². The number of carbonyl (C=O) groups excluding carboxylic acids is 1. The highest BCUT2D eigenvalue weighted by Crippen LogP contribution is 2.24. The predicted octanol–water partition coefficient (Wildman–Crippen LogP) is 3.15. The number of carbonyl (C=O) groups is 1. The van der Waals surface area contributed by atoms with Crippen LogP contribution in [0.4, 0.5) is 0 Å². The van der Waals surface area contributed by atoms with Gasteiger partial charge in [-0.2, -0.15) is 0 Å². The zero-order valence-electron chi connectivity index (χ0n) is 11.2. The lowest BCUT2D eigenvalue weighted by molar-refractivity contribution is -0.111. The van der Waals surface area contributed by atoms with E-state index < -0.39 is 0 Å². The smallest absolute Gasteiger partial charge is 0.122 e. The van der Waals surface area contributed by atoms with Gasteiger partial charge in [-0.05, 0) is 19.4 Å². The second kappa shape index (κ2) is 8.84. The first kappa shape index (κ1) is 14.9. The van der Waals surface area contributed by atoms with Crippen molar-refractivity contribution in [1.29, 1.82) is 0 Å². The van der Waals surface area contributed by atoms with Crippen LogP contribution in [0.15, 0.2) is 30.3 Å². The fourth-order valence-electron chi connectivity index (χ4n) is 1.98. The van der Waals surface area contributed by atoms with E-state index in [4.69, 9.17) is 9.47 Å². The fourth-order valence-corrected chi connectivity index (χ4v) is 1.98. The Hall–Kier alpha value is -1.19. The van der Waals surface area contributed by atoms with Gasteiger partial charge in [-0.25, -0.2) is 0 Å². The third-order valence-electron chi connectivity index (χ3n) is 2.78. The van der Waals surface area contributed by atoms with Crippen molar-refractivity contribution in [1.82, 2.24) is 0 Å². The molecule has 18 heavy (non-hydrogen) atoms. The number of rotatable bonds is 9. The Labute approximate surface area is 109 Å². The second-order valence-electron chi connectivity index (χ2n) is 4.07. The molecule has 0 amide bonds. The molecule has 1 aromatic rings. The molecular formula is C15H22O3. The van der Waals surface area contributed by atoms with Gasteiger partial charge in [-0.1, -0.05) is 30.3 Å². The quantitative estimate of drug-likeness (QED) is 0.632. The van der Waals surface area contributed by atoms with Gasteiger partial charge in [0, 0.05) is 26.1 Å². The van der Waals surface area contributed by atoms with Crippen molar-refractivity contribution in [3.8, 4) is 0 Å². The molecule has 0 spiro atoms. The Balaban J connectivity index is 2.69. The molecule has 0 heterocycles. The van der Waals surface area contributed by atoms with Crippen LogP contribution in [0, 0.1) is 0 Å². The van der Waals surface area contributed by atoms with Crippen LogP contribution in [0.3, 0.4) is 0 Å². The molecule has 0 aliphatic carbocycles. The Morgan fingerprint density at radius 3 is 2.33 bits per heavy atom. The molecule has 100 valence electrons. The van der Waals surface area contributed by atoms with Crippen LogP contribution < -0.4 is 0 Å². The number of hydrogen-bond donors (Lipinski definition) is 0. The summed E-state index contributed by atoms with van der Waals surface area (Å²) in [7, 11) is 0. The van der Waals surface area contributed by atoms with E-state index in [1.807, 2.05) is 44.2 Å². The van der Waals surface area contributed by atoms with E-state index in [1.165, 1.54) is 0 Å². The molecule has 0 bridgehead atoms. The van der Waals surface area contributed by atoms with Gasteiger partial charge >= 0.3 is 0 Å². The molecule has 0 aliphatic rings. The first-order valence-electron chi connectivity index (χ1n) is 6.53. The zero-order valence-corrected chi connectivity index (χ0v) is 11.2. The maximum atomic E-state index is 10.6. The van der Waals surface area contributed by atoms with Crippen molar-refractivity contribution >= 4 is 6.29 Å². The van der Waals surface area contributed by atoms with Crippen LogP contribution in [0.25, 0.3) is 0 Å². The van der Waals surface area contributed by atoms with Crippen LogP contribution in [-0.2, 0) is 14.3 Å². The van der Waals surface area contributed by atoms with Crippen LogP contribution in [-0.4, -0.2) is 25.6 Å². The molecule has 0 radical (unpaired) electrons. The van der Waals surface area contributed by atoms with E-state index in [9.17, 15) is 4.79 Å². The van der Waals surface area contributed by atoms with Crippen LogP contribution >= 0.6 is 0 Å². The van der Waals surface area contributed by atoms with Crippen LogP contribution in [0.2, 0.25) is 0 Å². The summed E-state index contributed by atoms with van der Waals surface area (Å²) >= 11 is 0. The van der Waals surface area contributed by atoms with Crippen LogP contribution in [0.1, 0.15) is 38.4 Å². The summed E-state index contributed by atoms with van der Waals surface area (Å²) in [6.07, 6.45) is 1.97. The molecule has 0 saturated carbocycles. The summed E-state index contributed by atoms with van der Waals surface area (Å²) in [5, 5.41) is 0. The Kier molecular flexibility index (Phi) is 7.30. The number of benzene rings is 1. The van der Waals surface area contributed by atoms with E-state index >= 15 is 0 Å². The average Bonchev–Trinajstić information content (AvgIpc) is 2.40. The normalized spacial score (nSPS) is 14.1. The molecule has 0 N–H and O–H groups in total. The lowest BCUT2D eigenvalue weighted by Gasteiger charge is -2.22. The lowest BCUT2D eigenvalue weighted by Crippen LogP contribution is -2.19. The standard InChI is InChI=1S/C15H22O3/c1-3-17-14(10-11-16)12-15(18-4-2)13-8-6-5-7-9-13/h5-9,11,14-15H,3-4,10,12H2,1-2H3. The first-order chi connectivity index (χ1) is 8.81. The molecule has 2 atom stereocenters. The minimum Gasteiger partial charge on any atom is -0.378 e. The van der Waals surface area contributed by atoms with E-state index in [0.29, 0.717) is 26.1 Å². The molecule has 1 rings (SSSR count). The average molecular weight is 250 g/mol. The van der Waals surface area contributed by atoms with E-state index in [0.717, 1.165) is 11.8 Å². The highest BCUT2D eigenvalue weighted by molar-refractivity contribution is 5.50. The van der Waals surface area contributed by atoms with E-state index in [-0.39, 0.29) is 12.2 Å². The van der Waals surface area contributed by atoms with Crippen molar-refractivity contribution in [3.05, 3.63) is 35.9 Å². The minimum atomic E-state index is -0.0655. The highest BCUT2D eigenvalue weighted by Gasteiger charge is 2.18. The van der Waals surface area contributed by atoms with Crippen LogP contribution in [0.5, 0.6) is 0 Å². The molecule has 0 aliphatic heterocycles. The zero-order chi connectivity index (χ0) is 13.2. The van der Waals surface area contributed by atoms with Crippen molar-refractivity contribution < 1.29 is 14.3 Å². The van der Waals surface area contributed by atoms with Gasteiger partial charge in [-0.15, -0.1) is 0 Å². The summed E-state index contributed by atoms with van der Waals surface area (Å²) in [6, 6.07) is 10.1. The topological polar surface area (TPSA) is 35.5 Å². The van der Waals surface area contributed by atoms with Crippen molar-refractivity contribution in [3.63, 3.8) is 0 Å². The summed E-state index contributed by atoms with van der Waals surface area (Å²) in [5.41, 5.74) is 1.13. The molecule has 0 aromatic heterocycles. The van der Waals surface area contributed by atoms with Crippen molar-refractivity contribution in [2.24, 2.45) is 0 Å². The molecule has 0 saturated heterocycles. The van der Waals surface area contributed by atoms with Gasteiger partial charge in [-0.3, -0.25) is 0 Å². The second-order valence-corrected chi connectivity index (χ2v) is 4.07. The molecule has 3 nitrogen and oxygen atoms in total. The van der Waals surface area contributed by atoms with Gasteiger partial charge in [0.1, 0.15) is 6.29 Å². The van der Waals surface area contributed by atoms with E-state index in [2.05, 4.69) is 0 Å². The van der Waals surface area contributed by atoms with Gasteiger partial charge < -0.3 is 14.3 Å². The predicted molar refractivity (Wildman–Crippen MR) is 71.5 cm³/mol. The Morgan fingerprint density at radius 2 is 1.78 bits per heavy atom. The SMILES string of the molecule is CCOC(CC=O)CC(OCC)c1ccccc1. The van der Waals surface area contributed by atoms with E-state index in [1.54, 1.807) is 0 Å². The van der Waals surface area contributed by atoms with Gasteiger partial charge in [0.2, 0.25) is 0 Å². The van der Waals surface area contributed by atoms with Crippen molar-refractivity contribution in [2.75, 3.05) is 13.2 Å². The summed E-state index contributed by atoms with van der Waals surface area (Å²) in [5.74, 6) is 0. The summed E-state index contributed by atoms with van der Waals surface area (Å²) in [6.45, 7) is 5.19. The fraction of sp³-hybridized carbons (Fsp3) is 0.533. The largest absolute Gasteiger partial charge is 0.378 e. The first-order valence-corrected chi connectivity index (χ1v) is 6.53. The molecule has 2 unspecified atom stereocenters. The number of ether oxygens (including phenoxy) is 2. The third kappa shape index (κ3) is 4.98. The minimum absolute atomic E-state index is 0.00676. The molecule has 1 aromatic carbocycles. The van der Waals surface area contributed by atoms with Gasteiger partial charge in [0.15, 0.2) is 0 Å². The summed E-state index contributed by atoms with van der Waals surface area (Å²) in [4.78, 5) is 10.6. The number of hydrogen-bond acceptors (Lipinski definition) is 3. The molecule has 0 fully saturated rings. The van der Waals surface area contributed by atoms with Gasteiger partial charge in [0.05, 0.1) is 12.2 Å². The third-order valence-corrected chi connectivity index (χ3v) is 2.78. The maximum Gasteiger partial charge on any atom is 0.122 e. The monoisotopic (exact) mass is 250 g/mol.